The van der Waals surface area contributed by atoms with Gasteiger partial charge in [-0.1, -0.05) is 0 Å². The molecule has 0 saturated heterocycles. The summed E-state index contributed by atoms with van der Waals surface area (Å²) >= 11 is 1.77. The van der Waals surface area contributed by atoms with E-state index in [0.717, 1.165) is 5.75 Å². The Hall–Kier alpha value is -1.24. The standard InChI is InChI=1S/C10H19N5OS/c1-5-16-10-14-8(11-3)13-9(15-10)12-7(2)6-17-4/h7H,5-6H2,1-4H3,(H2,11,12,13,14,15). The summed E-state index contributed by atoms with van der Waals surface area (Å²) in [4.78, 5) is 12.5. The van der Waals surface area contributed by atoms with Crippen molar-refractivity contribution >= 4 is 23.7 Å². The summed E-state index contributed by atoms with van der Waals surface area (Å²) in [6.45, 7) is 4.51. The topological polar surface area (TPSA) is 72.0 Å². The van der Waals surface area contributed by atoms with E-state index in [1.54, 1.807) is 18.8 Å². The highest BCUT2D eigenvalue weighted by atomic mass is 32.2. The number of ether oxygens (including phenoxy) is 1. The van der Waals surface area contributed by atoms with Crippen LogP contribution in [0.1, 0.15) is 13.8 Å². The van der Waals surface area contributed by atoms with E-state index in [4.69, 9.17) is 4.74 Å². The van der Waals surface area contributed by atoms with Gasteiger partial charge in [0.05, 0.1) is 6.61 Å². The Kier molecular flexibility index (Phi) is 5.82. The number of aromatic nitrogens is 3. The molecular formula is C10H19N5OS. The van der Waals surface area contributed by atoms with Crippen molar-refractivity contribution in [2.75, 3.05) is 36.3 Å². The van der Waals surface area contributed by atoms with Crippen LogP contribution in [-0.4, -0.2) is 46.7 Å². The van der Waals surface area contributed by atoms with Gasteiger partial charge in [-0.2, -0.15) is 26.7 Å². The molecule has 0 amide bonds. The summed E-state index contributed by atoms with van der Waals surface area (Å²) < 4.78 is 5.28. The van der Waals surface area contributed by atoms with Crippen molar-refractivity contribution in [2.24, 2.45) is 0 Å². The van der Waals surface area contributed by atoms with Crippen LogP contribution in [-0.2, 0) is 0 Å². The number of hydrogen-bond donors (Lipinski definition) is 2. The van der Waals surface area contributed by atoms with Crippen molar-refractivity contribution in [1.29, 1.82) is 0 Å². The summed E-state index contributed by atoms with van der Waals surface area (Å²) in [5.74, 6) is 2.03. The van der Waals surface area contributed by atoms with Crippen LogP contribution >= 0.6 is 11.8 Å². The third-order valence-electron chi connectivity index (χ3n) is 1.90. The maximum Gasteiger partial charge on any atom is 0.323 e. The summed E-state index contributed by atoms with van der Waals surface area (Å²) in [6.07, 6.45) is 2.07. The number of nitrogens with zero attached hydrogens (tertiary/aromatic N) is 3. The Bertz CT molecular complexity index is 349. The SMILES string of the molecule is CCOc1nc(NC)nc(NC(C)CSC)n1. The lowest BCUT2D eigenvalue weighted by Crippen LogP contribution is -2.20. The van der Waals surface area contributed by atoms with Gasteiger partial charge >= 0.3 is 6.01 Å². The second kappa shape index (κ2) is 7.16. The lowest BCUT2D eigenvalue weighted by molar-refractivity contribution is 0.312. The third-order valence-corrected chi connectivity index (χ3v) is 2.74. The molecule has 0 bridgehead atoms. The van der Waals surface area contributed by atoms with Gasteiger partial charge in [-0.25, -0.2) is 0 Å². The zero-order chi connectivity index (χ0) is 12.7. The maximum absolute atomic E-state index is 5.28. The lowest BCUT2D eigenvalue weighted by Gasteiger charge is -2.13. The highest BCUT2D eigenvalue weighted by Gasteiger charge is 2.08. The van der Waals surface area contributed by atoms with E-state index in [1.807, 2.05) is 6.92 Å². The van der Waals surface area contributed by atoms with Crippen molar-refractivity contribution in [1.82, 2.24) is 15.0 Å². The average Bonchev–Trinajstić information content (AvgIpc) is 2.29. The molecule has 0 radical (unpaired) electrons. The minimum atomic E-state index is 0.298. The Morgan fingerprint density at radius 3 is 2.59 bits per heavy atom. The first-order chi connectivity index (χ1) is 8.19. The predicted molar refractivity (Wildman–Crippen MR) is 72.0 cm³/mol. The van der Waals surface area contributed by atoms with E-state index in [2.05, 4.69) is 38.8 Å². The van der Waals surface area contributed by atoms with Gasteiger partial charge < -0.3 is 15.4 Å². The summed E-state index contributed by atoms with van der Waals surface area (Å²) in [5.41, 5.74) is 0. The number of hydrogen-bond acceptors (Lipinski definition) is 7. The lowest BCUT2D eigenvalue weighted by atomic mass is 10.4. The maximum atomic E-state index is 5.28. The fourth-order valence-corrected chi connectivity index (χ4v) is 1.82. The van der Waals surface area contributed by atoms with Crippen molar-refractivity contribution < 1.29 is 4.74 Å². The second-order valence-corrected chi connectivity index (χ2v) is 4.36. The van der Waals surface area contributed by atoms with Crippen LogP contribution in [0.4, 0.5) is 11.9 Å². The molecular weight excluding hydrogens is 238 g/mol. The van der Waals surface area contributed by atoms with Crippen molar-refractivity contribution in [3.8, 4) is 6.01 Å². The van der Waals surface area contributed by atoms with Gasteiger partial charge in [-0.05, 0) is 20.1 Å². The molecule has 1 atom stereocenters. The Balaban J connectivity index is 2.79. The van der Waals surface area contributed by atoms with Crippen LogP contribution in [0.25, 0.3) is 0 Å². The van der Waals surface area contributed by atoms with E-state index < -0.39 is 0 Å². The molecule has 0 aliphatic heterocycles. The zero-order valence-corrected chi connectivity index (χ0v) is 11.5. The molecule has 6 nitrogen and oxygen atoms in total. The highest BCUT2D eigenvalue weighted by Crippen LogP contribution is 2.12. The molecule has 0 aliphatic carbocycles. The van der Waals surface area contributed by atoms with Crippen LogP contribution in [0.3, 0.4) is 0 Å². The van der Waals surface area contributed by atoms with Crippen molar-refractivity contribution in [2.45, 2.75) is 19.9 Å². The van der Waals surface area contributed by atoms with E-state index in [9.17, 15) is 0 Å². The van der Waals surface area contributed by atoms with Crippen LogP contribution in [0.2, 0.25) is 0 Å². The Labute approximate surface area is 106 Å². The van der Waals surface area contributed by atoms with Gasteiger partial charge in [0, 0.05) is 18.8 Å². The van der Waals surface area contributed by atoms with Crippen molar-refractivity contribution in [3.63, 3.8) is 0 Å². The third kappa shape index (κ3) is 4.64. The van der Waals surface area contributed by atoms with Crippen LogP contribution in [0, 0.1) is 0 Å². The van der Waals surface area contributed by atoms with Crippen molar-refractivity contribution in [3.05, 3.63) is 0 Å². The molecule has 0 aromatic carbocycles. The van der Waals surface area contributed by atoms with E-state index >= 15 is 0 Å². The van der Waals surface area contributed by atoms with Gasteiger partial charge in [-0.15, -0.1) is 0 Å². The van der Waals surface area contributed by atoms with E-state index in [-0.39, 0.29) is 0 Å². The van der Waals surface area contributed by atoms with E-state index in [0.29, 0.717) is 30.6 Å². The molecule has 1 unspecified atom stereocenters. The average molecular weight is 257 g/mol. The molecule has 96 valence electrons. The molecule has 0 spiro atoms. The molecule has 1 heterocycles. The monoisotopic (exact) mass is 257 g/mol. The summed E-state index contributed by atoms with van der Waals surface area (Å²) in [5, 5.41) is 6.10. The van der Waals surface area contributed by atoms with Gasteiger partial charge in [-0.3, -0.25) is 0 Å². The van der Waals surface area contributed by atoms with Crippen LogP contribution in [0.5, 0.6) is 6.01 Å². The number of thioether (sulfide) groups is 1. The summed E-state index contributed by atoms with van der Waals surface area (Å²) in [6, 6.07) is 0.636. The Morgan fingerprint density at radius 2 is 2.00 bits per heavy atom. The minimum absolute atomic E-state index is 0.298. The first-order valence-corrected chi connectivity index (χ1v) is 6.91. The first kappa shape index (κ1) is 13.8. The number of nitrogens with one attached hydrogen (secondary N) is 2. The molecule has 1 aromatic heterocycles. The predicted octanol–water partition coefficient (Wildman–Crippen LogP) is 1.48. The molecule has 17 heavy (non-hydrogen) atoms. The van der Waals surface area contributed by atoms with E-state index in [1.165, 1.54) is 0 Å². The molecule has 0 fully saturated rings. The molecule has 1 rings (SSSR count). The molecule has 0 saturated carbocycles. The second-order valence-electron chi connectivity index (χ2n) is 3.45. The fraction of sp³-hybridized carbons (Fsp3) is 0.700. The van der Waals surface area contributed by atoms with Gasteiger partial charge in [0.1, 0.15) is 0 Å². The number of anilines is 2. The molecule has 1 aromatic rings. The minimum Gasteiger partial charge on any atom is -0.464 e. The van der Waals surface area contributed by atoms with Crippen LogP contribution in [0.15, 0.2) is 0 Å². The number of rotatable bonds is 7. The molecule has 7 heteroatoms. The Morgan fingerprint density at radius 1 is 1.29 bits per heavy atom. The zero-order valence-electron chi connectivity index (χ0n) is 10.6. The smallest absolute Gasteiger partial charge is 0.323 e. The van der Waals surface area contributed by atoms with Gasteiger partial charge in [0.25, 0.3) is 0 Å². The normalized spacial score (nSPS) is 12.0. The van der Waals surface area contributed by atoms with Crippen LogP contribution < -0.4 is 15.4 Å². The van der Waals surface area contributed by atoms with Gasteiger partial charge in [0.2, 0.25) is 11.9 Å². The first-order valence-electron chi connectivity index (χ1n) is 5.51. The quantitative estimate of drug-likeness (QED) is 0.766. The highest BCUT2D eigenvalue weighted by molar-refractivity contribution is 7.98. The largest absolute Gasteiger partial charge is 0.464 e. The fourth-order valence-electron chi connectivity index (χ4n) is 1.24. The van der Waals surface area contributed by atoms with Gasteiger partial charge in [0.15, 0.2) is 0 Å². The summed E-state index contributed by atoms with van der Waals surface area (Å²) in [7, 11) is 1.76. The molecule has 2 N–H and O–H groups in total. The molecule has 0 aliphatic rings.